The number of hydrogen-bond acceptors (Lipinski definition) is 4. The second-order valence-electron chi connectivity index (χ2n) is 4.29. The second kappa shape index (κ2) is 5.43. The van der Waals surface area contributed by atoms with E-state index in [1.807, 2.05) is 30.3 Å². The third-order valence-corrected chi connectivity index (χ3v) is 3.42. The molecule has 1 aliphatic rings. The highest BCUT2D eigenvalue weighted by Gasteiger charge is 2.12. The van der Waals surface area contributed by atoms with Crippen LogP contribution >= 0.6 is 15.9 Å². The highest BCUT2D eigenvalue weighted by Crippen LogP contribution is 2.34. The Morgan fingerprint density at radius 1 is 1.05 bits per heavy atom. The van der Waals surface area contributed by atoms with Crippen molar-refractivity contribution in [2.24, 2.45) is 0 Å². The predicted molar refractivity (Wildman–Crippen MR) is 79.6 cm³/mol. The molecule has 0 radical (unpaired) electrons. The highest BCUT2D eigenvalue weighted by molar-refractivity contribution is 9.10. The molecule has 1 N–H and O–H groups in total. The van der Waals surface area contributed by atoms with E-state index in [1.54, 1.807) is 6.07 Å². The fraction of sp³-hybridized carbons (Fsp3) is 0.133. The van der Waals surface area contributed by atoms with Crippen LogP contribution in [0.1, 0.15) is 5.56 Å². The maximum Gasteiger partial charge on any atom is 0.163 e. The molecule has 5 heteroatoms. The summed E-state index contributed by atoms with van der Waals surface area (Å²) in [6, 6.07) is 13.3. The minimum absolute atomic E-state index is 0.554. The zero-order valence-electron chi connectivity index (χ0n) is 10.5. The first-order chi connectivity index (χ1) is 9.76. The zero-order chi connectivity index (χ0) is 13.9. The summed E-state index contributed by atoms with van der Waals surface area (Å²) < 4.78 is 11.9. The van der Waals surface area contributed by atoms with Crippen molar-refractivity contribution >= 4 is 27.3 Å². The van der Waals surface area contributed by atoms with Gasteiger partial charge in [-0.2, -0.15) is 5.26 Å². The molecule has 2 aromatic rings. The zero-order valence-corrected chi connectivity index (χ0v) is 12.1. The quantitative estimate of drug-likeness (QED) is 0.909. The summed E-state index contributed by atoms with van der Waals surface area (Å²) >= 11 is 3.36. The number of anilines is 2. The summed E-state index contributed by atoms with van der Waals surface area (Å²) in [6.07, 6.45) is 0. The van der Waals surface area contributed by atoms with E-state index in [-0.39, 0.29) is 0 Å². The highest BCUT2D eigenvalue weighted by atomic mass is 79.9. The van der Waals surface area contributed by atoms with Crippen LogP contribution in [0.3, 0.4) is 0 Å². The van der Waals surface area contributed by atoms with Crippen LogP contribution in [0.15, 0.2) is 40.9 Å². The van der Waals surface area contributed by atoms with Crippen LogP contribution < -0.4 is 14.8 Å². The van der Waals surface area contributed by atoms with Gasteiger partial charge in [0.05, 0.1) is 11.3 Å². The smallest absolute Gasteiger partial charge is 0.163 e. The molecule has 0 bridgehead atoms. The predicted octanol–water partition coefficient (Wildman–Crippen LogP) is 3.84. The van der Waals surface area contributed by atoms with Gasteiger partial charge in [0.25, 0.3) is 0 Å². The minimum atomic E-state index is 0.554. The summed E-state index contributed by atoms with van der Waals surface area (Å²) in [5.74, 6) is 1.47. The van der Waals surface area contributed by atoms with Gasteiger partial charge in [-0.15, -0.1) is 0 Å². The number of benzene rings is 2. The van der Waals surface area contributed by atoms with Gasteiger partial charge in [-0.1, -0.05) is 15.9 Å². The van der Waals surface area contributed by atoms with E-state index in [2.05, 4.69) is 27.3 Å². The molecule has 20 heavy (non-hydrogen) atoms. The van der Waals surface area contributed by atoms with Crippen molar-refractivity contribution in [2.75, 3.05) is 18.5 Å². The Bertz CT molecular complexity index is 695. The first-order valence-corrected chi connectivity index (χ1v) is 6.92. The lowest BCUT2D eigenvalue weighted by Gasteiger charge is -2.19. The number of fused-ring (bicyclic) bond motifs is 1. The molecule has 1 heterocycles. The summed E-state index contributed by atoms with van der Waals surface area (Å²) in [5.41, 5.74) is 2.19. The van der Waals surface area contributed by atoms with Crippen molar-refractivity contribution < 1.29 is 9.47 Å². The lowest BCUT2D eigenvalue weighted by Crippen LogP contribution is -2.15. The SMILES string of the molecule is N#Cc1cc(Br)ccc1Nc1ccc2c(c1)OCCO2. The third-order valence-electron chi connectivity index (χ3n) is 2.92. The van der Waals surface area contributed by atoms with Crippen molar-refractivity contribution in [3.63, 3.8) is 0 Å². The van der Waals surface area contributed by atoms with Gasteiger partial charge in [0.1, 0.15) is 19.3 Å². The number of nitriles is 1. The number of rotatable bonds is 2. The van der Waals surface area contributed by atoms with Gasteiger partial charge in [-0.25, -0.2) is 0 Å². The largest absolute Gasteiger partial charge is 0.486 e. The van der Waals surface area contributed by atoms with E-state index in [1.165, 1.54) is 0 Å². The summed E-state index contributed by atoms with van der Waals surface area (Å²) in [5, 5.41) is 12.4. The van der Waals surface area contributed by atoms with Crippen LogP contribution in [0, 0.1) is 11.3 Å². The molecular weight excluding hydrogens is 320 g/mol. The number of nitrogens with zero attached hydrogens (tertiary/aromatic N) is 1. The number of hydrogen-bond donors (Lipinski definition) is 1. The Morgan fingerprint density at radius 2 is 1.85 bits per heavy atom. The fourth-order valence-corrected chi connectivity index (χ4v) is 2.36. The molecule has 4 nitrogen and oxygen atoms in total. The average Bonchev–Trinajstić information content (AvgIpc) is 2.49. The number of nitrogens with one attached hydrogen (secondary N) is 1. The Labute approximate surface area is 125 Å². The van der Waals surface area contributed by atoms with Crippen molar-refractivity contribution in [3.05, 3.63) is 46.4 Å². The van der Waals surface area contributed by atoms with Gasteiger partial charge in [0.2, 0.25) is 0 Å². The second-order valence-corrected chi connectivity index (χ2v) is 5.20. The van der Waals surface area contributed by atoms with Gasteiger partial charge in [0, 0.05) is 16.2 Å². The van der Waals surface area contributed by atoms with Crippen LogP contribution in [0.2, 0.25) is 0 Å². The molecule has 0 saturated carbocycles. The van der Waals surface area contributed by atoms with Crippen LogP contribution in [-0.2, 0) is 0 Å². The van der Waals surface area contributed by atoms with Crippen molar-refractivity contribution in [2.45, 2.75) is 0 Å². The van der Waals surface area contributed by atoms with Crippen LogP contribution in [0.4, 0.5) is 11.4 Å². The van der Waals surface area contributed by atoms with Gasteiger partial charge in [-0.3, -0.25) is 0 Å². The molecule has 3 rings (SSSR count). The summed E-state index contributed by atoms with van der Waals surface area (Å²) in [7, 11) is 0. The van der Waals surface area contributed by atoms with Crippen LogP contribution in [-0.4, -0.2) is 13.2 Å². The molecular formula is C15H11BrN2O2. The van der Waals surface area contributed by atoms with E-state index in [9.17, 15) is 0 Å². The van der Waals surface area contributed by atoms with Gasteiger partial charge in [-0.05, 0) is 30.3 Å². The first-order valence-electron chi connectivity index (χ1n) is 6.12. The normalized spacial score (nSPS) is 12.6. The standard InChI is InChI=1S/C15H11BrN2O2/c16-11-1-3-13(10(7-11)9-17)18-12-2-4-14-15(8-12)20-6-5-19-14/h1-4,7-8,18H,5-6H2. The molecule has 0 atom stereocenters. The van der Waals surface area contributed by atoms with Crippen LogP contribution in [0.25, 0.3) is 0 Å². The van der Waals surface area contributed by atoms with Gasteiger partial charge in [0.15, 0.2) is 11.5 Å². The molecule has 2 aromatic carbocycles. The lowest BCUT2D eigenvalue weighted by atomic mass is 10.2. The van der Waals surface area contributed by atoms with Gasteiger partial charge < -0.3 is 14.8 Å². The van der Waals surface area contributed by atoms with Crippen molar-refractivity contribution in [1.82, 2.24) is 0 Å². The maximum atomic E-state index is 9.16. The first kappa shape index (κ1) is 12.8. The Hall–Kier alpha value is -2.19. The molecule has 0 aliphatic carbocycles. The average molecular weight is 331 g/mol. The Kier molecular flexibility index (Phi) is 3.48. The Balaban J connectivity index is 1.90. The molecule has 0 saturated heterocycles. The van der Waals surface area contributed by atoms with Crippen LogP contribution in [0.5, 0.6) is 11.5 Å². The minimum Gasteiger partial charge on any atom is -0.486 e. The summed E-state index contributed by atoms with van der Waals surface area (Å²) in [6.45, 7) is 1.13. The fourth-order valence-electron chi connectivity index (χ4n) is 1.99. The maximum absolute atomic E-state index is 9.16. The molecule has 0 fully saturated rings. The van der Waals surface area contributed by atoms with E-state index in [0.717, 1.165) is 27.3 Å². The van der Waals surface area contributed by atoms with Gasteiger partial charge >= 0.3 is 0 Å². The molecule has 0 aromatic heterocycles. The van der Waals surface area contributed by atoms with E-state index < -0.39 is 0 Å². The van der Waals surface area contributed by atoms with E-state index >= 15 is 0 Å². The summed E-state index contributed by atoms with van der Waals surface area (Å²) in [4.78, 5) is 0. The molecule has 0 spiro atoms. The molecule has 100 valence electrons. The third kappa shape index (κ3) is 2.56. The van der Waals surface area contributed by atoms with E-state index in [0.29, 0.717) is 18.8 Å². The van der Waals surface area contributed by atoms with Crippen molar-refractivity contribution in [1.29, 1.82) is 5.26 Å². The topological polar surface area (TPSA) is 54.3 Å². The molecule has 0 amide bonds. The number of halogens is 1. The van der Waals surface area contributed by atoms with E-state index in [4.69, 9.17) is 14.7 Å². The number of ether oxygens (including phenoxy) is 2. The Morgan fingerprint density at radius 3 is 2.65 bits per heavy atom. The monoisotopic (exact) mass is 330 g/mol. The molecule has 0 unspecified atom stereocenters. The lowest BCUT2D eigenvalue weighted by molar-refractivity contribution is 0.171. The molecule has 1 aliphatic heterocycles. The van der Waals surface area contributed by atoms with Crippen molar-refractivity contribution in [3.8, 4) is 17.6 Å².